The minimum Gasteiger partial charge on any atom is -0.312 e. The van der Waals surface area contributed by atoms with E-state index in [0.717, 1.165) is 10.2 Å². The Balaban J connectivity index is 1.58. The van der Waals surface area contributed by atoms with Crippen molar-refractivity contribution in [2.45, 2.75) is 6.42 Å². The molecule has 2 aromatic rings. The highest BCUT2D eigenvalue weighted by Crippen LogP contribution is 2.27. The summed E-state index contributed by atoms with van der Waals surface area (Å²) in [5, 5.41) is 0. The number of rotatable bonds is 3. The van der Waals surface area contributed by atoms with Crippen LogP contribution in [-0.4, -0.2) is 24.3 Å². The standard InChI is InChI=1S/C18H16BrN3O3/c19-14-7-4-8-15(10-14)22-11-13(9-16(22)23)18(25)21-20-17(24)12-5-2-1-3-6-12/h1-8,10,13H,9,11H2,(H,20,24)(H,21,25). The molecule has 0 aromatic heterocycles. The second-order valence-corrected chi connectivity index (χ2v) is 6.61. The molecule has 1 fully saturated rings. The molecular formula is C18H16BrN3O3. The van der Waals surface area contributed by atoms with Crippen LogP contribution in [0.2, 0.25) is 0 Å². The third kappa shape index (κ3) is 4.06. The molecule has 1 aliphatic heterocycles. The molecule has 1 atom stereocenters. The Morgan fingerprint density at radius 1 is 1.04 bits per heavy atom. The van der Waals surface area contributed by atoms with E-state index < -0.39 is 11.8 Å². The quantitative estimate of drug-likeness (QED) is 0.774. The zero-order valence-electron chi connectivity index (χ0n) is 13.2. The Morgan fingerprint density at radius 3 is 2.52 bits per heavy atom. The first kappa shape index (κ1) is 17.2. The van der Waals surface area contributed by atoms with Gasteiger partial charge in [-0.3, -0.25) is 25.2 Å². The Bertz CT molecular complexity index is 810. The summed E-state index contributed by atoms with van der Waals surface area (Å²) in [5.74, 6) is -1.41. The van der Waals surface area contributed by atoms with Gasteiger partial charge in [0.25, 0.3) is 5.91 Å². The SMILES string of the molecule is O=C(NNC(=O)C1CC(=O)N(c2cccc(Br)c2)C1)c1ccccc1. The van der Waals surface area contributed by atoms with Crippen molar-refractivity contribution in [3.8, 4) is 0 Å². The molecule has 2 aromatic carbocycles. The maximum atomic E-state index is 12.3. The number of benzene rings is 2. The smallest absolute Gasteiger partial charge is 0.269 e. The minimum absolute atomic E-state index is 0.111. The van der Waals surface area contributed by atoms with Gasteiger partial charge in [-0.05, 0) is 30.3 Å². The van der Waals surface area contributed by atoms with Gasteiger partial charge in [-0.1, -0.05) is 40.2 Å². The van der Waals surface area contributed by atoms with Crippen LogP contribution in [0.15, 0.2) is 59.1 Å². The fourth-order valence-corrected chi connectivity index (χ4v) is 3.05. The van der Waals surface area contributed by atoms with Crippen molar-refractivity contribution in [2.75, 3.05) is 11.4 Å². The van der Waals surface area contributed by atoms with Crippen molar-refractivity contribution in [2.24, 2.45) is 5.92 Å². The number of hydrogen-bond acceptors (Lipinski definition) is 3. The van der Waals surface area contributed by atoms with Crippen LogP contribution in [-0.2, 0) is 9.59 Å². The van der Waals surface area contributed by atoms with Crippen LogP contribution in [0, 0.1) is 5.92 Å². The molecule has 0 spiro atoms. The van der Waals surface area contributed by atoms with E-state index in [-0.39, 0.29) is 24.8 Å². The average molecular weight is 402 g/mol. The molecule has 2 N–H and O–H groups in total. The lowest BCUT2D eigenvalue weighted by Gasteiger charge is -2.17. The first-order chi connectivity index (χ1) is 12.0. The lowest BCUT2D eigenvalue weighted by atomic mass is 10.1. The van der Waals surface area contributed by atoms with Gasteiger partial charge in [0.15, 0.2) is 0 Å². The summed E-state index contributed by atoms with van der Waals surface area (Å²) in [6.07, 6.45) is 0.111. The highest BCUT2D eigenvalue weighted by atomic mass is 79.9. The van der Waals surface area contributed by atoms with E-state index in [9.17, 15) is 14.4 Å². The molecule has 0 radical (unpaired) electrons. The van der Waals surface area contributed by atoms with E-state index in [2.05, 4.69) is 26.8 Å². The molecule has 7 heteroatoms. The summed E-state index contributed by atoms with van der Waals surface area (Å²) in [5.41, 5.74) is 5.96. The molecule has 3 rings (SSSR count). The van der Waals surface area contributed by atoms with Gasteiger partial charge in [0, 0.05) is 28.7 Å². The Hall–Kier alpha value is -2.67. The Kier molecular flexibility index (Phi) is 5.14. The largest absolute Gasteiger partial charge is 0.312 e. The number of hydrogen-bond donors (Lipinski definition) is 2. The second-order valence-electron chi connectivity index (χ2n) is 5.69. The summed E-state index contributed by atoms with van der Waals surface area (Å²) in [7, 11) is 0. The predicted molar refractivity (Wildman–Crippen MR) is 96.7 cm³/mol. The van der Waals surface area contributed by atoms with Crippen LogP contribution in [0.1, 0.15) is 16.8 Å². The van der Waals surface area contributed by atoms with E-state index in [1.807, 2.05) is 24.3 Å². The number of nitrogens with zero attached hydrogens (tertiary/aromatic N) is 1. The lowest BCUT2D eigenvalue weighted by Crippen LogP contribution is -2.45. The van der Waals surface area contributed by atoms with Crippen molar-refractivity contribution in [1.29, 1.82) is 0 Å². The number of nitrogens with one attached hydrogen (secondary N) is 2. The van der Waals surface area contributed by atoms with Gasteiger partial charge < -0.3 is 4.90 Å². The van der Waals surface area contributed by atoms with Crippen LogP contribution >= 0.6 is 15.9 Å². The van der Waals surface area contributed by atoms with Crippen LogP contribution in [0.5, 0.6) is 0 Å². The molecule has 0 saturated carbocycles. The number of carbonyl (C=O) groups is 3. The minimum atomic E-state index is -0.512. The van der Waals surface area contributed by atoms with Gasteiger partial charge in [-0.2, -0.15) is 0 Å². The molecule has 1 heterocycles. The van der Waals surface area contributed by atoms with Gasteiger partial charge in [-0.25, -0.2) is 0 Å². The number of carbonyl (C=O) groups excluding carboxylic acids is 3. The van der Waals surface area contributed by atoms with Crippen molar-refractivity contribution in [3.05, 3.63) is 64.6 Å². The summed E-state index contributed by atoms with van der Waals surface area (Å²) >= 11 is 3.37. The lowest BCUT2D eigenvalue weighted by molar-refractivity contribution is -0.126. The maximum Gasteiger partial charge on any atom is 0.269 e. The molecule has 1 aliphatic rings. The molecule has 3 amide bonds. The number of halogens is 1. The molecule has 1 saturated heterocycles. The highest BCUT2D eigenvalue weighted by Gasteiger charge is 2.35. The maximum absolute atomic E-state index is 12.3. The van der Waals surface area contributed by atoms with Gasteiger partial charge in [0.05, 0.1) is 5.92 Å². The van der Waals surface area contributed by atoms with Crippen molar-refractivity contribution in [1.82, 2.24) is 10.9 Å². The fraction of sp³-hybridized carbons (Fsp3) is 0.167. The van der Waals surface area contributed by atoms with E-state index in [1.54, 1.807) is 35.2 Å². The Morgan fingerprint density at radius 2 is 1.80 bits per heavy atom. The van der Waals surface area contributed by atoms with Gasteiger partial charge in [0.1, 0.15) is 0 Å². The zero-order valence-corrected chi connectivity index (χ0v) is 14.8. The van der Waals surface area contributed by atoms with Gasteiger partial charge in [-0.15, -0.1) is 0 Å². The first-order valence-corrected chi connectivity index (χ1v) is 8.55. The molecular weight excluding hydrogens is 386 g/mol. The predicted octanol–water partition coefficient (Wildman–Crippen LogP) is 2.26. The van der Waals surface area contributed by atoms with Crippen LogP contribution < -0.4 is 15.8 Å². The van der Waals surface area contributed by atoms with E-state index in [1.165, 1.54) is 0 Å². The Labute approximate surface area is 153 Å². The molecule has 1 unspecified atom stereocenters. The third-order valence-electron chi connectivity index (χ3n) is 3.95. The first-order valence-electron chi connectivity index (χ1n) is 7.76. The summed E-state index contributed by atoms with van der Waals surface area (Å²) in [6.45, 7) is 0.280. The topological polar surface area (TPSA) is 78.5 Å². The van der Waals surface area contributed by atoms with E-state index in [4.69, 9.17) is 0 Å². The van der Waals surface area contributed by atoms with E-state index >= 15 is 0 Å². The normalized spacial score (nSPS) is 16.6. The van der Waals surface area contributed by atoms with Crippen molar-refractivity contribution < 1.29 is 14.4 Å². The zero-order chi connectivity index (χ0) is 17.8. The van der Waals surface area contributed by atoms with Crippen LogP contribution in [0.4, 0.5) is 5.69 Å². The molecule has 25 heavy (non-hydrogen) atoms. The fourth-order valence-electron chi connectivity index (χ4n) is 2.66. The summed E-state index contributed by atoms with van der Waals surface area (Å²) in [4.78, 5) is 38.0. The number of amides is 3. The average Bonchev–Trinajstić information content (AvgIpc) is 3.02. The molecule has 0 aliphatic carbocycles. The van der Waals surface area contributed by atoms with Crippen LogP contribution in [0.3, 0.4) is 0 Å². The molecule has 6 nitrogen and oxygen atoms in total. The van der Waals surface area contributed by atoms with E-state index in [0.29, 0.717) is 5.56 Å². The van der Waals surface area contributed by atoms with Gasteiger partial charge in [0.2, 0.25) is 11.8 Å². The summed E-state index contributed by atoms with van der Waals surface area (Å²) < 4.78 is 0.862. The molecule has 128 valence electrons. The van der Waals surface area contributed by atoms with Gasteiger partial charge >= 0.3 is 0 Å². The van der Waals surface area contributed by atoms with Crippen LogP contribution in [0.25, 0.3) is 0 Å². The van der Waals surface area contributed by atoms with Crippen molar-refractivity contribution in [3.63, 3.8) is 0 Å². The highest BCUT2D eigenvalue weighted by molar-refractivity contribution is 9.10. The monoisotopic (exact) mass is 401 g/mol. The number of anilines is 1. The number of hydrazine groups is 1. The third-order valence-corrected chi connectivity index (χ3v) is 4.44. The van der Waals surface area contributed by atoms with Crippen molar-refractivity contribution >= 4 is 39.3 Å². The summed E-state index contributed by atoms with van der Waals surface area (Å²) in [6, 6.07) is 15.9. The molecule has 0 bridgehead atoms. The second kappa shape index (κ2) is 7.48.